The van der Waals surface area contributed by atoms with E-state index in [1.54, 1.807) is 13.0 Å². The van der Waals surface area contributed by atoms with E-state index in [1.165, 1.54) is 0 Å². The predicted octanol–water partition coefficient (Wildman–Crippen LogP) is 4.52. The van der Waals surface area contributed by atoms with Crippen molar-refractivity contribution < 1.29 is 19.4 Å². The van der Waals surface area contributed by atoms with E-state index in [2.05, 4.69) is 33.7 Å². The Morgan fingerprint density at radius 1 is 0.973 bits per heavy atom. The second kappa shape index (κ2) is 10.5. The number of fused-ring (bicyclic) bond motifs is 3. The van der Waals surface area contributed by atoms with Crippen LogP contribution < -0.4 is 10.5 Å². The second-order valence-corrected chi connectivity index (χ2v) is 9.55. The molecule has 7 heteroatoms. The number of nitrogens with zero attached hydrogens (tertiary/aromatic N) is 2. The SMILES string of the molecule is CCC(Oc1cccc2c1c1c(n2Cc2ccccc2)CN(Cc2ccccc2)CC1C(N)=O)C(=O)O. The molecule has 2 heterocycles. The molecule has 0 fully saturated rings. The van der Waals surface area contributed by atoms with Crippen molar-refractivity contribution in [2.75, 3.05) is 6.54 Å². The zero-order chi connectivity index (χ0) is 25.9. The van der Waals surface area contributed by atoms with Gasteiger partial charge in [-0.3, -0.25) is 9.69 Å². The second-order valence-electron chi connectivity index (χ2n) is 9.55. The third kappa shape index (κ3) is 4.95. The highest BCUT2D eigenvalue weighted by molar-refractivity contribution is 5.97. The Balaban J connectivity index is 1.68. The van der Waals surface area contributed by atoms with Crippen molar-refractivity contribution in [2.24, 2.45) is 5.73 Å². The molecule has 0 saturated carbocycles. The largest absolute Gasteiger partial charge is 0.479 e. The Bertz CT molecular complexity index is 1420. The van der Waals surface area contributed by atoms with Gasteiger partial charge >= 0.3 is 5.97 Å². The zero-order valence-electron chi connectivity index (χ0n) is 20.8. The maximum absolute atomic E-state index is 12.9. The van der Waals surface area contributed by atoms with Gasteiger partial charge in [0.15, 0.2) is 6.10 Å². The standard InChI is InChI=1S/C30H31N3O4/c1-2-25(30(35)36)37-26-15-9-14-23-28(26)27-22(29(31)34)18-32(16-20-10-5-3-6-11-20)19-24(27)33(23)17-21-12-7-4-8-13-21/h3-15,22,25H,2,16-19H2,1H3,(H2,31,34)(H,35,36). The molecule has 1 aromatic heterocycles. The van der Waals surface area contributed by atoms with Gasteiger partial charge in [0.2, 0.25) is 5.91 Å². The topological polar surface area (TPSA) is 97.8 Å². The summed E-state index contributed by atoms with van der Waals surface area (Å²) >= 11 is 0. The summed E-state index contributed by atoms with van der Waals surface area (Å²) in [6.07, 6.45) is -0.660. The Kier molecular flexibility index (Phi) is 6.97. The lowest BCUT2D eigenvalue weighted by molar-refractivity contribution is -0.145. The van der Waals surface area contributed by atoms with Crippen molar-refractivity contribution in [3.8, 4) is 5.75 Å². The molecule has 7 nitrogen and oxygen atoms in total. The summed E-state index contributed by atoms with van der Waals surface area (Å²) in [6.45, 7) is 4.19. The number of amides is 1. The van der Waals surface area contributed by atoms with Gasteiger partial charge in [-0.05, 0) is 35.2 Å². The Morgan fingerprint density at radius 2 is 1.62 bits per heavy atom. The van der Waals surface area contributed by atoms with Crippen molar-refractivity contribution in [1.29, 1.82) is 0 Å². The lowest BCUT2D eigenvalue weighted by atomic mass is 9.90. The molecule has 3 aromatic carbocycles. The van der Waals surface area contributed by atoms with Crippen molar-refractivity contribution in [3.05, 3.63) is 101 Å². The minimum Gasteiger partial charge on any atom is -0.479 e. The first-order valence-corrected chi connectivity index (χ1v) is 12.6. The number of ether oxygens (including phenoxy) is 1. The number of hydrogen-bond donors (Lipinski definition) is 2. The highest BCUT2D eigenvalue weighted by atomic mass is 16.5. The van der Waals surface area contributed by atoms with Crippen molar-refractivity contribution >= 4 is 22.8 Å². The number of primary amides is 1. The van der Waals surface area contributed by atoms with E-state index in [0.717, 1.165) is 33.3 Å². The average molecular weight is 498 g/mol. The van der Waals surface area contributed by atoms with Crippen LogP contribution in [0.15, 0.2) is 78.9 Å². The number of benzene rings is 3. The fourth-order valence-electron chi connectivity index (χ4n) is 5.32. The van der Waals surface area contributed by atoms with Crippen molar-refractivity contribution in [3.63, 3.8) is 0 Å². The van der Waals surface area contributed by atoms with Crippen molar-refractivity contribution in [2.45, 2.75) is 45.0 Å². The monoisotopic (exact) mass is 497 g/mol. The lowest BCUT2D eigenvalue weighted by Crippen LogP contribution is -2.39. The van der Waals surface area contributed by atoms with Crippen LogP contribution in [0.4, 0.5) is 0 Å². The van der Waals surface area contributed by atoms with Crippen LogP contribution in [0.2, 0.25) is 0 Å². The van der Waals surface area contributed by atoms with Crippen LogP contribution in [0, 0.1) is 0 Å². The number of carboxylic acid groups (broad SMARTS) is 1. The molecule has 2 atom stereocenters. The van der Waals surface area contributed by atoms with Crippen LogP contribution in [0.5, 0.6) is 5.75 Å². The molecule has 3 N–H and O–H groups in total. The van der Waals surface area contributed by atoms with E-state index in [9.17, 15) is 14.7 Å². The summed E-state index contributed by atoms with van der Waals surface area (Å²) in [5.41, 5.74) is 11.0. The third-order valence-corrected chi connectivity index (χ3v) is 7.06. The van der Waals surface area contributed by atoms with Gasteiger partial charge in [0, 0.05) is 37.3 Å². The van der Waals surface area contributed by atoms with Gasteiger partial charge in [-0.25, -0.2) is 4.79 Å². The summed E-state index contributed by atoms with van der Waals surface area (Å²) < 4.78 is 8.26. The number of carboxylic acids is 1. The fourth-order valence-corrected chi connectivity index (χ4v) is 5.32. The molecule has 0 spiro atoms. The summed E-state index contributed by atoms with van der Waals surface area (Å²) in [6, 6.07) is 26.0. The minimum atomic E-state index is -1.02. The van der Waals surface area contributed by atoms with E-state index in [1.807, 2.05) is 48.5 Å². The predicted molar refractivity (Wildman–Crippen MR) is 142 cm³/mol. The number of aromatic nitrogens is 1. The first-order valence-electron chi connectivity index (χ1n) is 12.6. The molecule has 5 rings (SSSR count). The number of carbonyl (C=O) groups excluding carboxylic acids is 1. The molecule has 0 radical (unpaired) electrons. The number of hydrogen-bond acceptors (Lipinski definition) is 4. The van der Waals surface area contributed by atoms with Crippen LogP contribution in [-0.2, 0) is 29.2 Å². The first kappa shape index (κ1) is 24.6. The van der Waals surface area contributed by atoms with E-state index >= 15 is 0 Å². The quantitative estimate of drug-likeness (QED) is 0.354. The molecule has 0 saturated heterocycles. The number of nitrogens with two attached hydrogens (primary N) is 1. The molecular formula is C30H31N3O4. The van der Waals surface area contributed by atoms with E-state index in [4.69, 9.17) is 10.5 Å². The normalized spacial score (nSPS) is 16.3. The van der Waals surface area contributed by atoms with Crippen molar-refractivity contribution in [1.82, 2.24) is 9.47 Å². The Labute approximate surface area is 216 Å². The highest BCUT2D eigenvalue weighted by Gasteiger charge is 2.36. The molecule has 1 aliphatic rings. The molecule has 4 aromatic rings. The molecular weight excluding hydrogens is 466 g/mol. The molecule has 1 amide bonds. The third-order valence-electron chi connectivity index (χ3n) is 7.06. The van der Waals surface area contributed by atoms with Crippen LogP contribution in [0.1, 0.15) is 41.6 Å². The number of rotatable bonds is 9. The number of carbonyl (C=O) groups is 2. The van der Waals surface area contributed by atoms with Gasteiger partial charge in [0.25, 0.3) is 0 Å². The maximum atomic E-state index is 12.9. The van der Waals surface area contributed by atoms with Gasteiger partial charge in [-0.2, -0.15) is 0 Å². The molecule has 2 unspecified atom stereocenters. The Hall–Kier alpha value is -4.10. The summed E-state index contributed by atoms with van der Waals surface area (Å²) in [5, 5.41) is 10.4. The Morgan fingerprint density at radius 3 is 2.22 bits per heavy atom. The van der Waals surface area contributed by atoms with Gasteiger partial charge in [0.05, 0.1) is 11.4 Å². The van der Waals surface area contributed by atoms with Crippen LogP contribution in [0.3, 0.4) is 0 Å². The van der Waals surface area contributed by atoms with Crippen LogP contribution in [0.25, 0.3) is 10.9 Å². The van der Waals surface area contributed by atoms with E-state index < -0.39 is 23.9 Å². The molecule has 37 heavy (non-hydrogen) atoms. The average Bonchev–Trinajstić information content (AvgIpc) is 3.21. The van der Waals surface area contributed by atoms with Crippen LogP contribution >= 0.6 is 0 Å². The highest BCUT2D eigenvalue weighted by Crippen LogP contribution is 2.42. The zero-order valence-corrected chi connectivity index (χ0v) is 20.8. The first-order chi connectivity index (χ1) is 18.0. The molecule has 0 bridgehead atoms. The van der Waals surface area contributed by atoms with Gasteiger partial charge in [-0.1, -0.05) is 73.7 Å². The summed E-state index contributed by atoms with van der Waals surface area (Å²) in [7, 11) is 0. The van der Waals surface area contributed by atoms with Gasteiger partial charge < -0.3 is 20.1 Å². The maximum Gasteiger partial charge on any atom is 0.344 e. The number of aliphatic carboxylic acids is 1. The summed E-state index contributed by atoms with van der Waals surface area (Å²) in [4.78, 5) is 26.9. The van der Waals surface area contributed by atoms with E-state index in [0.29, 0.717) is 38.3 Å². The molecule has 1 aliphatic heterocycles. The van der Waals surface area contributed by atoms with Crippen LogP contribution in [-0.4, -0.2) is 39.1 Å². The smallest absolute Gasteiger partial charge is 0.344 e. The lowest BCUT2D eigenvalue weighted by Gasteiger charge is -2.33. The minimum absolute atomic E-state index is 0.322. The van der Waals surface area contributed by atoms with E-state index in [-0.39, 0.29) is 0 Å². The molecule has 190 valence electrons. The summed E-state index contributed by atoms with van der Waals surface area (Å²) in [5.74, 6) is -1.50. The van der Waals surface area contributed by atoms with Gasteiger partial charge in [0.1, 0.15) is 5.75 Å². The molecule has 0 aliphatic carbocycles. The fraction of sp³-hybridized carbons (Fsp3) is 0.267. The van der Waals surface area contributed by atoms with Gasteiger partial charge in [-0.15, -0.1) is 0 Å².